The minimum atomic E-state index is -1.83. The van der Waals surface area contributed by atoms with Crippen molar-refractivity contribution in [2.24, 2.45) is 11.8 Å². The van der Waals surface area contributed by atoms with Crippen LogP contribution in [0.3, 0.4) is 0 Å². The summed E-state index contributed by atoms with van der Waals surface area (Å²) in [6.45, 7) is 0. The summed E-state index contributed by atoms with van der Waals surface area (Å²) in [5.41, 5.74) is -0.768. The Hall–Kier alpha value is -4.44. The smallest absolute Gasteiger partial charge is 0.325 e. The third kappa shape index (κ3) is 3.62. The van der Waals surface area contributed by atoms with Gasteiger partial charge in [-0.2, -0.15) is 0 Å². The molecule has 3 aromatic carbocycles. The standard InChI is InChI=1S/C26H20FN3O6/c27-17-8-12-18(13-9-17)29-23(31)20-21(24(29)32)26(25(33)34,14-15-4-2-1-3-5-15)28-22(20)16-6-10-19(11-7-16)30(35)36/h1-13,20-22,28H,14H2,(H,33,34)/t20-,21-,22-,26-/m0/s1. The van der Waals surface area contributed by atoms with Crippen molar-refractivity contribution in [1.29, 1.82) is 0 Å². The number of imide groups is 1. The summed E-state index contributed by atoms with van der Waals surface area (Å²) in [6, 6.07) is 18.1. The van der Waals surface area contributed by atoms with Gasteiger partial charge in [-0.05, 0) is 35.4 Å². The van der Waals surface area contributed by atoms with Gasteiger partial charge in [-0.3, -0.25) is 29.8 Å². The van der Waals surface area contributed by atoms with Gasteiger partial charge < -0.3 is 5.11 Å². The number of nitro benzene ring substituents is 1. The SMILES string of the molecule is O=C1[C@H]2[C@@H](C(=O)N1c1ccc(F)cc1)[C@@](Cc1ccccc1)(C(=O)O)N[C@H]2c1ccc([N+](=O)[O-])cc1. The Labute approximate surface area is 204 Å². The number of carboxylic acids is 1. The second-order valence-corrected chi connectivity index (χ2v) is 8.90. The number of non-ortho nitro benzene ring substituents is 1. The molecule has 2 saturated heterocycles. The molecule has 2 fully saturated rings. The van der Waals surface area contributed by atoms with Gasteiger partial charge in [-0.15, -0.1) is 0 Å². The molecule has 0 aromatic heterocycles. The molecule has 0 unspecified atom stereocenters. The van der Waals surface area contributed by atoms with E-state index in [2.05, 4.69) is 5.32 Å². The van der Waals surface area contributed by atoms with Crippen LogP contribution in [0.5, 0.6) is 0 Å². The topological polar surface area (TPSA) is 130 Å². The molecule has 3 aromatic rings. The van der Waals surface area contributed by atoms with E-state index < -0.39 is 51.9 Å². The average Bonchev–Trinajstić information content (AvgIpc) is 3.34. The van der Waals surface area contributed by atoms with Crippen LogP contribution in [0, 0.1) is 27.8 Å². The predicted molar refractivity (Wildman–Crippen MR) is 125 cm³/mol. The number of carboxylic acid groups (broad SMARTS) is 1. The zero-order valence-electron chi connectivity index (χ0n) is 18.7. The monoisotopic (exact) mass is 489 g/mol. The van der Waals surface area contributed by atoms with Gasteiger partial charge >= 0.3 is 5.97 Å². The zero-order chi connectivity index (χ0) is 25.6. The highest BCUT2D eigenvalue weighted by molar-refractivity contribution is 6.24. The number of carbonyl (C=O) groups excluding carboxylic acids is 2. The highest BCUT2D eigenvalue weighted by atomic mass is 19.1. The molecule has 0 saturated carbocycles. The first-order valence-corrected chi connectivity index (χ1v) is 11.2. The summed E-state index contributed by atoms with van der Waals surface area (Å²) in [7, 11) is 0. The third-order valence-electron chi connectivity index (χ3n) is 6.91. The normalized spacial score (nSPS) is 25.1. The Kier molecular flexibility index (Phi) is 5.60. The third-order valence-corrected chi connectivity index (χ3v) is 6.91. The highest BCUT2D eigenvalue weighted by Gasteiger charge is 2.68. The molecule has 2 aliphatic heterocycles. The van der Waals surface area contributed by atoms with E-state index in [1.807, 2.05) is 0 Å². The number of rotatable bonds is 6. The lowest BCUT2D eigenvalue weighted by Crippen LogP contribution is -2.57. The molecular formula is C26H20FN3O6. The van der Waals surface area contributed by atoms with Crippen LogP contribution in [0.2, 0.25) is 0 Å². The number of fused-ring (bicyclic) bond motifs is 1. The maximum atomic E-state index is 13.7. The van der Waals surface area contributed by atoms with Crippen molar-refractivity contribution in [3.8, 4) is 0 Å². The molecule has 2 amide bonds. The minimum absolute atomic E-state index is 0.0793. The number of benzene rings is 3. The van der Waals surface area contributed by atoms with Gasteiger partial charge in [0.15, 0.2) is 0 Å². The second-order valence-electron chi connectivity index (χ2n) is 8.90. The molecule has 0 radical (unpaired) electrons. The van der Waals surface area contributed by atoms with Gasteiger partial charge in [-0.25, -0.2) is 9.29 Å². The van der Waals surface area contributed by atoms with E-state index in [0.29, 0.717) is 11.1 Å². The molecule has 0 bridgehead atoms. The Morgan fingerprint density at radius 2 is 1.64 bits per heavy atom. The van der Waals surface area contributed by atoms with Gasteiger partial charge in [0.25, 0.3) is 5.69 Å². The first kappa shape index (κ1) is 23.3. The van der Waals surface area contributed by atoms with Crippen LogP contribution >= 0.6 is 0 Å². The summed E-state index contributed by atoms with van der Waals surface area (Å²) < 4.78 is 13.5. The number of nitrogens with one attached hydrogen (secondary N) is 1. The van der Waals surface area contributed by atoms with Crippen LogP contribution in [0.4, 0.5) is 15.8 Å². The Morgan fingerprint density at radius 1 is 1.00 bits per heavy atom. The van der Waals surface area contributed by atoms with Gasteiger partial charge in [0, 0.05) is 24.6 Å². The Bertz CT molecular complexity index is 1360. The van der Waals surface area contributed by atoms with Gasteiger partial charge in [0.1, 0.15) is 11.4 Å². The van der Waals surface area contributed by atoms with Crippen LogP contribution in [-0.2, 0) is 20.8 Å². The van der Waals surface area contributed by atoms with Crippen LogP contribution in [0.15, 0.2) is 78.9 Å². The fraction of sp³-hybridized carbons (Fsp3) is 0.192. The van der Waals surface area contributed by atoms with E-state index in [-0.39, 0.29) is 17.8 Å². The van der Waals surface area contributed by atoms with E-state index in [0.717, 1.165) is 17.0 Å². The molecule has 2 aliphatic rings. The largest absolute Gasteiger partial charge is 0.480 e. The first-order valence-electron chi connectivity index (χ1n) is 11.2. The number of halogens is 1. The van der Waals surface area contributed by atoms with Crippen LogP contribution in [0.25, 0.3) is 0 Å². The number of carbonyl (C=O) groups is 3. The summed E-state index contributed by atoms with van der Waals surface area (Å²) in [6.07, 6.45) is -0.0793. The van der Waals surface area contributed by atoms with Gasteiger partial charge in [0.05, 0.1) is 22.4 Å². The van der Waals surface area contributed by atoms with E-state index in [1.165, 1.54) is 36.4 Å². The fourth-order valence-corrected chi connectivity index (χ4v) is 5.29. The summed E-state index contributed by atoms with van der Waals surface area (Å²) >= 11 is 0. The number of hydrogen-bond donors (Lipinski definition) is 2. The first-order chi connectivity index (χ1) is 17.2. The maximum Gasteiger partial charge on any atom is 0.325 e. The number of anilines is 1. The maximum absolute atomic E-state index is 13.7. The van der Waals surface area contributed by atoms with Crippen molar-refractivity contribution >= 4 is 29.2 Å². The van der Waals surface area contributed by atoms with E-state index in [9.17, 15) is 34.0 Å². The molecular weight excluding hydrogens is 469 g/mol. The van der Waals surface area contributed by atoms with Crippen molar-refractivity contribution in [2.75, 3.05) is 4.90 Å². The minimum Gasteiger partial charge on any atom is -0.480 e. The molecule has 0 spiro atoms. The Balaban J connectivity index is 1.64. The van der Waals surface area contributed by atoms with Gasteiger partial charge in [-0.1, -0.05) is 42.5 Å². The second kappa shape index (κ2) is 8.65. The lowest BCUT2D eigenvalue weighted by Gasteiger charge is -2.31. The van der Waals surface area contributed by atoms with Crippen molar-refractivity contribution in [1.82, 2.24) is 5.32 Å². The summed E-state index contributed by atoms with van der Waals surface area (Å²) in [4.78, 5) is 51.7. The van der Waals surface area contributed by atoms with E-state index in [1.54, 1.807) is 30.3 Å². The van der Waals surface area contributed by atoms with E-state index >= 15 is 0 Å². The highest BCUT2D eigenvalue weighted by Crippen LogP contribution is 2.51. The zero-order valence-corrected chi connectivity index (χ0v) is 18.7. The number of nitro groups is 1. The van der Waals surface area contributed by atoms with Crippen LogP contribution in [-0.4, -0.2) is 33.4 Å². The quantitative estimate of drug-likeness (QED) is 0.309. The predicted octanol–water partition coefficient (Wildman–Crippen LogP) is 3.25. The van der Waals surface area contributed by atoms with Crippen molar-refractivity contribution in [3.05, 3.63) is 106 Å². The van der Waals surface area contributed by atoms with Crippen molar-refractivity contribution in [3.63, 3.8) is 0 Å². The molecule has 4 atom stereocenters. The van der Waals surface area contributed by atoms with Crippen LogP contribution < -0.4 is 10.2 Å². The summed E-state index contributed by atoms with van der Waals surface area (Å²) in [5, 5.41) is 24.6. The Morgan fingerprint density at radius 3 is 2.22 bits per heavy atom. The molecule has 9 nitrogen and oxygen atoms in total. The number of amides is 2. The average molecular weight is 489 g/mol. The lowest BCUT2D eigenvalue weighted by molar-refractivity contribution is -0.384. The lowest BCUT2D eigenvalue weighted by atomic mass is 9.76. The number of aliphatic carboxylic acids is 1. The molecule has 36 heavy (non-hydrogen) atoms. The van der Waals surface area contributed by atoms with Crippen LogP contribution in [0.1, 0.15) is 17.2 Å². The van der Waals surface area contributed by atoms with Crippen molar-refractivity contribution < 1.29 is 28.8 Å². The fourth-order valence-electron chi connectivity index (χ4n) is 5.29. The molecule has 10 heteroatoms. The number of hydrogen-bond acceptors (Lipinski definition) is 6. The molecule has 5 rings (SSSR count). The van der Waals surface area contributed by atoms with Crippen molar-refractivity contribution in [2.45, 2.75) is 18.0 Å². The molecule has 182 valence electrons. The molecule has 0 aliphatic carbocycles. The van der Waals surface area contributed by atoms with Gasteiger partial charge in [0.2, 0.25) is 11.8 Å². The molecule has 2 N–H and O–H groups in total. The number of nitrogens with zero attached hydrogens (tertiary/aromatic N) is 2. The summed E-state index contributed by atoms with van der Waals surface area (Å²) in [5.74, 6) is -5.53. The van der Waals surface area contributed by atoms with E-state index in [4.69, 9.17) is 0 Å². The molecule has 2 heterocycles.